The van der Waals surface area contributed by atoms with E-state index in [1.165, 1.54) is 0 Å². The van der Waals surface area contributed by atoms with Crippen molar-refractivity contribution in [1.82, 2.24) is 15.0 Å². The molecule has 0 spiro atoms. The summed E-state index contributed by atoms with van der Waals surface area (Å²) < 4.78 is 10.8. The number of nitrogens with zero attached hydrogens (tertiary/aromatic N) is 3. The van der Waals surface area contributed by atoms with Crippen LogP contribution in [0.5, 0.6) is 5.75 Å². The maximum Gasteiger partial charge on any atom is 0.253 e. The van der Waals surface area contributed by atoms with Gasteiger partial charge in [0.25, 0.3) is 5.91 Å². The summed E-state index contributed by atoms with van der Waals surface area (Å²) in [5.41, 5.74) is 1.80. The van der Waals surface area contributed by atoms with E-state index in [9.17, 15) is 4.79 Å². The van der Waals surface area contributed by atoms with Gasteiger partial charge >= 0.3 is 0 Å². The molecule has 2 aromatic carbocycles. The Bertz CT molecular complexity index is 900. The van der Waals surface area contributed by atoms with E-state index in [1.807, 2.05) is 49.4 Å². The number of carbonyl (C=O) groups is 1. The van der Waals surface area contributed by atoms with Crippen LogP contribution in [-0.2, 0) is 6.42 Å². The predicted octanol–water partition coefficient (Wildman–Crippen LogP) is 3.30. The number of aromatic nitrogens is 2. The summed E-state index contributed by atoms with van der Waals surface area (Å²) in [6.45, 7) is 3.73. The van der Waals surface area contributed by atoms with E-state index in [4.69, 9.17) is 9.26 Å². The number of hydrogen-bond acceptors (Lipinski definition) is 5. The van der Waals surface area contributed by atoms with Crippen LogP contribution in [0.4, 0.5) is 0 Å². The number of hydrogen-bond donors (Lipinski definition) is 0. The summed E-state index contributed by atoms with van der Waals surface area (Å²) in [4.78, 5) is 18.8. The molecule has 6 nitrogen and oxygen atoms in total. The Morgan fingerprint density at radius 2 is 1.89 bits per heavy atom. The summed E-state index contributed by atoms with van der Waals surface area (Å²) in [6.07, 6.45) is 0.645. The van der Waals surface area contributed by atoms with Gasteiger partial charge in [0.15, 0.2) is 5.82 Å². The highest BCUT2D eigenvalue weighted by Crippen LogP contribution is 2.28. The maximum absolute atomic E-state index is 12.5. The molecule has 1 amide bonds. The first-order valence-corrected chi connectivity index (χ1v) is 9.11. The molecule has 1 fully saturated rings. The fourth-order valence-electron chi connectivity index (χ4n) is 3.13. The lowest BCUT2D eigenvalue weighted by Crippen LogP contribution is -2.48. The van der Waals surface area contributed by atoms with Gasteiger partial charge in [-0.25, -0.2) is 0 Å². The van der Waals surface area contributed by atoms with Crippen LogP contribution < -0.4 is 4.74 Å². The van der Waals surface area contributed by atoms with Gasteiger partial charge in [0.2, 0.25) is 5.89 Å². The van der Waals surface area contributed by atoms with E-state index < -0.39 is 0 Å². The third-order valence-electron chi connectivity index (χ3n) is 4.62. The van der Waals surface area contributed by atoms with E-state index in [0.717, 1.165) is 11.3 Å². The van der Waals surface area contributed by atoms with Crippen LogP contribution in [-0.4, -0.2) is 40.6 Å². The van der Waals surface area contributed by atoms with Crippen LogP contribution in [0.25, 0.3) is 0 Å². The monoisotopic (exact) mass is 363 g/mol. The Morgan fingerprint density at radius 1 is 1.15 bits per heavy atom. The Labute approximate surface area is 157 Å². The van der Waals surface area contributed by atoms with Gasteiger partial charge in [-0.2, -0.15) is 4.98 Å². The van der Waals surface area contributed by atoms with Crippen LogP contribution in [0.15, 0.2) is 59.1 Å². The largest absolute Gasteiger partial charge is 0.494 e. The summed E-state index contributed by atoms with van der Waals surface area (Å²) in [5.74, 6) is 2.17. The second kappa shape index (κ2) is 7.61. The highest BCUT2D eigenvalue weighted by Gasteiger charge is 2.36. The Morgan fingerprint density at radius 3 is 2.59 bits per heavy atom. The number of ether oxygens (including phenoxy) is 1. The van der Waals surface area contributed by atoms with Crippen LogP contribution in [0.3, 0.4) is 0 Å². The lowest BCUT2D eigenvalue weighted by Gasteiger charge is -2.37. The summed E-state index contributed by atoms with van der Waals surface area (Å²) in [5, 5.41) is 4.07. The highest BCUT2D eigenvalue weighted by atomic mass is 16.5. The number of carbonyl (C=O) groups excluding carboxylic acids is 1. The van der Waals surface area contributed by atoms with Gasteiger partial charge < -0.3 is 14.2 Å². The van der Waals surface area contributed by atoms with Crippen molar-refractivity contribution in [2.24, 2.45) is 0 Å². The Balaban J connectivity index is 1.33. The van der Waals surface area contributed by atoms with E-state index in [-0.39, 0.29) is 11.8 Å². The molecule has 1 aromatic heterocycles. The van der Waals surface area contributed by atoms with Gasteiger partial charge in [-0.3, -0.25) is 4.79 Å². The molecule has 27 heavy (non-hydrogen) atoms. The second-order valence-electron chi connectivity index (χ2n) is 6.58. The molecule has 6 heteroatoms. The first kappa shape index (κ1) is 17.3. The van der Waals surface area contributed by atoms with Crippen molar-refractivity contribution in [1.29, 1.82) is 0 Å². The number of rotatable bonds is 6. The molecule has 4 rings (SSSR count). The minimum atomic E-state index is 0.0123. The van der Waals surface area contributed by atoms with E-state index in [1.54, 1.807) is 17.0 Å². The smallest absolute Gasteiger partial charge is 0.253 e. The zero-order valence-corrected chi connectivity index (χ0v) is 15.2. The van der Waals surface area contributed by atoms with Gasteiger partial charge in [0.1, 0.15) is 5.75 Å². The van der Waals surface area contributed by atoms with Crippen molar-refractivity contribution in [2.75, 3.05) is 19.7 Å². The summed E-state index contributed by atoms with van der Waals surface area (Å²) in [7, 11) is 0. The molecular weight excluding hydrogens is 342 g/mol. The quantitative estimate of drug-likeness (QED) is 0.672. The van der Waals surface area contributed by atoms with Crippen LogP contribution in [0, 0.1) is 0 Å². The first-order chi connectivity index (χ1) is 13.2. The van der Waals surface area contributed by atoms with Crippen molar-refractivity contribution in [2.45, 2.75) is 19.3 Å². The standard InChI is InChI=1S/C21H21N3O3/c1-2-26-18-10-8-16(9-11-18)21(25)24-13-17(14-24)20-22-19(23-27-20)12-15-6-4-3-5-7-15/h3-11,17H,2,12-14H2,1H3. The van der Waals surface area contributed by atoms with Crippen molar-refractivity contribution in [3.63, 3.8) is 0 Å². The molecule has 0 atom stereocenters. The number of benzene rings is 2. The highest BCUT2D eigenvalue weighted by molar-refractivity contribution is 5.95. The Kier molecular flexibility index (Phi) is 4.87. The topological polar surface area (TPSA) is 68.5 Å². The predicted molar refractivity (Wildman–Crippen MR) is 99.8 cm³/mol. The Hall–Kier alpha value is -3.15. The normalized spacial score (nSPS) is 14.0. The van der Waals surface area contributed by atoms with Crippen molar-refractivity contribution in [3.8, 4) is 5.75 Å². The summed E-state index contributed by atoms with van der Waals surface area (Å²) >= 11 is 0. The van der Waals surface area contributed by atoms with Gasteiger partial charge in [0, 0.05) is 25.1 Å². The van der Waals surface area contributed by atoms with Crippen LogP contribution in [0.1, 0.15) is 40.5 Å². The molecule has 1 aliphatic heterocycles. The van der Waals surface area contributed by atoms with E-state index in [2.05, 4.69) is 10.1 Å². The third kappa shape index (κ3) is 3.84. The second-order valence-corrected chi connectivity index (χ2v) is 6.58. The summed E-state index contributed by atoms with van der Waals surface area (Å²) in [6, 6.07) is 17.3. The zero-order chi connectivity index (χ0) is 18.6. The molecule has 0 aliphatic carbocycles. The minimum absolute atomic E-state index is 0.0123. The maximum atomic E-state index is 12.5. The molecule has 1 aliphatic rings. The van der Waals surface area contributed by atoms with Gasteiger partial charge in [-0.05, 0) is 36.8 Å². The third-order valence-corrected chi connectivity index (χ3v) is 4.62. The molecular formula is C21H21N3O3. The van der Waals surface area contributed by atoms with Crippen molar-refractivity contribution >= 4 is 5.91 Å². The molecule has 0 unspecified atom stereocenters. The molecule has 0 saturated carbocycles. The molecule has 3 aromatic rings. The zero-order valence-electron chi connectivity index (χ0n) is 15.2. The molecule has 0 N–H and O–H groups in total. The van der Waals surface area contributed by atoms with E-state index in [0.29, 0.717) is 43.4 Å². The van der Waals surface area contributed by atoms with Gasteiger partial charge in [-0.15, -0.1) is 0 Å². The van der Waals surface area contributed by atoms with Crippen LogP contribution in [0.2, 0.25) is 0 Å². The molecule has 1 saturated heterocycles. The van der Waals surface area contributed by atoms with Crippen LogP contribution >= 0.6 is 0 Å². The fourth-order valence-corrected chi connectivity index (χ4v) is 3.13. The average molecular weight is 363 g/mol. The number of amides is 1. The minimum Gasteiger partial charge on any atom is -0.494 e. The van der Waals surface area contributed by atoms with Crippen molar-refractivity contribution in [3.05, 3.63) is 77.4 Å². The van der Waals surface area contributed by atoms with E-state index >= 15 is 0 Å². The van der Waals surface area contributed by atoms with Gasteiger partial charge in [0.05, 0.1) is 12.5 Å². The molecule has 0 bridgehead atoms. The SMILES string of the molecule is CCOc1ccc(C(=O)N2CC(c3nc(Cc4ccccc4)no3)C2)cc1. The first-order valence-electron chi connectivity index (χ1n) is 9.11. The molecule has 138 valence electrons. The lowest BCUT2D eigenvalue weighted by molar-refractivity contribution is 0.0569. The average Bonchev–Trinajstić information content (AvgIpc) is 3.10. The molecule has 2 heterocycles. The number of likely N-dealkylation sites (tertiary alicyclic amines) is 1. The molecule has 0 radical (unpaired) electrons. The van der Waals surface area contributed by atoms with Crippen molar-refractivity contribution < 1.29 is 14.1 Å². The lowest BCUT2D eigenvalue weighted by atomic mass is 9.98. The fraction of sp³-hybridized carbons (Fsp3) is 0.286. The van der Waals surface area contributed by atoms with Gasteiger partial charge in [-0.1, -0.05) is 35.5 Å².